The van der Waals surface area contributed by atoms with Gasteiger partial charge < -0.3 is 9.88 Å². The maximum atomic E-state index is 13.0. The number of hydrogen-bond donors (Lipinski definition) is 1. The zero-order valence-electron chi connectivity index (χ0n) is 17.9. The highest BCUT2D eigenvalue weighted by Gasteiger charge is 2.28. The molecule has 32 heavy (non-hydrogen) atoms. The zero-order valence-corrected chi connectivity index (χ0v) is 17.9. The second-order valence-corrected chi connectivity index (χ2v) is 8.31. The second kappa shape index (κ2) is 8.37. The summed E-state index contributed by atoms with van der Waals surface area (Å²) in [6, 6.07) is 17.5. The molecule has 8 nitrogen and oxygen atoms in total. The van der Waals surface area contributed by atoms with E-state index in [2.05, 4.69) is 15.3 Å². The van der Waals surface area contributed by atoms with E-state index < -0.39 is 0 Å². The number of aromatic amines is 1. The molecule has 2 aromatic carbocycles. The van der Waals surface area contributed by atoms with Crippen molar-refractivity contribution >= 4 is 17.1 Å². The summed E-state index contributed by atoms with van der Waals surface area (Å²) in [5.74, 6) is 0.546. The molecule has 0 bridgehead atoms. The standard InChI is InChI=1S/C24H24N6O2/c1-16-9-11-18(12-10-16)24(32)29-13-5-8-19(15-29)21-25-22-20(23(31)26-21)27-28-30(22)14-17-6-3-2-4-7-17/h2-4,6-7,9-12,19H,5,8,13-15H2,1H3,(H,25,26,31)/t19-/m1/s1. The summed E-state index contributed by atoms with van der Waals surface area (Å²) in [6.07, 6.45) is 1.71. The minimum atomic E-state index is -0.300. The average molecular weight is 428 g/mol. The fourth-order valence-electron chi connectivity index (χ4n) is 4.20. The van der Waals surface area contributed by atoms with Crippen LogP contribution in [-0.4, -0.2) is 48.9 Å². The third-order valence-electron chi connectivity index (χ3n) is 5.96. The highest BCUT2D eigenvalue weighted by molar-refractivity contribution is 5.94. The van der Waals surface area contributed by atoms with Crippen LogP contribution in [0.1, 0.15) is 46.1 Å². The fourth-order valence-corrected chi connectivity index (χ4v) is 4.20. The maximum Gasteiger partial charge on any atom is 0.281 e. The average Bonchev–Trinajstić information content (AvgIpc) is 3.23. The molecule has 8 heteroatoms. The van der Waals surface area contributed by atoms with E-state index >= 15 is 0 Å². The van der Waals surface area contributed by atoms with Crippen molar-refractivity contribution in [3.05, 3.63) is 87.5 Å². The van der Waals surface area contributed by atoms with Crippen molar-refractivity contribution in [2.24, 2.45) is 0 Å². The molecule has 1 amide bonds. The monoisotopic (exact) mass is 428 g/mol. The van der Waals surface area contributed by atoms with E-state index in [0.717, 1.165) is 24.0 Å². The number of amides is 1. The van der Waals surface area contributed by atoms with Crippen LogP contribution in [-0.2, 0) is 6.54 Å². The van der Waals surface area contributed by atoms with Crippen LogP contribution in [0.4, 0.5) is 0 Å². The fraction of sp³-hybridized carbons (Fsp3) is 0.292. The number of carbonyl (C=O) groups excluding carboxylic acids is 1. The SMILES string of the molecule is Cc1ccc(C(=O)N2CCC[C@@H](c3nc4c(nnn4Cc4ccccc4)c(=O)[nH]3)C2)cc1. The lowest BCUT2D eigenvalue weighted by atomic mass is 9.96. The Balaban J connectivity index is 1.42. The van der Waals surface area contributed by atoms with Gasteiger partial charge in [-0.1, -0.05) is 53.2 Å². The number of likely N-dealkylation sites (tertiary alicyclic amines) is 1. The molecule has 1 aliphatic heterocycles. The molecule has 0 aliphatic carbocycles. The van der Waals surface area contributed by atoms with Gasteiger partial charge in [-0.2, -0.15) is 0 Å². The Kier molecular flexibility index (Phi) is 5.26. The number of hydrogen-bond acceptors (Lipinski definition) is 5. The van der Waals surface area contributed by atoms with Crippen LogP contribution in [0.15, 0.2) is 59.4 Å². The van der Waals surface area contributed by atoms with Gasteiger partial charge in [-0.3, -0.25) is 9.59 Å². The first kappa shape index (κ1) is 20.1. The van der Waals surface area contributed by atoms with Crippen molar-refractivity contribution in [1.82, 2.24) is 29.9 Å². The Hall–Kier alpha value is -3.81. The predicted molar refractivity (Wildman–Crippen MR) is 121 cm³/mol. The van der Waals surface area contributed by atoms with Crippen LogP contribution in [0.5, 0.6) is 0 Å². The lowest BCUT2D eigenvalue weighted by molar-refractivity contribution is 0.0704. The number of carbonyl (C=O) groups is 1. The Morgan fingerprint density at radius 2 is 1.91 bits per heavy atom. The van der Waals surface area contributed by atoms with Gasteiger partial charge in [-0.25, -0.2) is 9.67 Å². The summed E-state index contributed by atoms with van der Waals surface area (Å²) >= 11 is 0. The minimum Gasteiger partial charge on any atom is -0.338 e. The van der Waals surface area contributed by atoms with Crippen molar-refractivity contribution in [2.75, 3.05) is 13.1 Å². The van der Waals surface area contributed by atoms with Gasteiger partial charge in [-0.05, 0) is 37.5 Å². The lowest BCUT2D eigenvalue weighted by Crippen LogP contribution is -2.40. The van der Waals surface area contributed by atoms with Crippen LogP contribution >= 0.6 is 0 Å². The summed E-state index contributed by atoms with van der Waals surface area (Å²) in [5.41, 5.74) is 3.25. The number of nitrogens with zero attached hydrogens (tertiary/aromatic N) is 5. The molecule has 0 spiro atoms. The summed E-state index contributed by atoms with van der Waals surface area (Å²) in [7, 11) is 0. The van der Waals surface area contributed by atoms with Crippen LogP contribution < -0.4 is 5.56 Å². The maximum absolute atomic E-state index is 13.0. The van der Waals surface area contributed by atoms with E-state index in [0.29, 0.717) is 36.7 Å². The first-order chi connectivity index (χ1) is 15.6. The van der Waals surface area contributed by atoms with Gasteiger partial charge >= 0.3 is 0 Å². The molecular formula is C24H24N6O2. The van der Waals surface area contributed by atoms with Gasteiger partial charge in [0.2, 0.25) is 0 Å². The first-order valence-electron chi connectivity index (χ1n) is 10.8. The molecule has 0 radical (unpaired) electrons. The summed E-state index contributed by atoms with van der Waals surface area (Å²) < 4.78 is 1.65. The number of aromatic nitrogens is 5. The largest absolute Gasteiger partial charge is 0.338 e. The van der Waals surface area contributed by atoms with Gasteiger partial charge in [0.15, 0.2) is 11.2 Å². The highest BCUT2D eigenvalue weighted by atomic mass is 16.2. The Bertz CT molecular complexity index is 1310. The van der Waals surface area contributed by atoms with Crippen LogP contribution in [0, 0.1) is 6.92 Å². The molecule has 162 valence electrons. The van der Waals surface area contributed by atoms with Crippen molar-refractivity contribution in [3.63, 3.8) is 0 Å². The highest BCUT2D eigenvalue weighted by Crippen LogP contribution is 2.26. The molecule has 3 heterocycles. The molecule has 0 saturated carbocycles. The predicted octanol–water partition coefficient (Wildman–Crippen LogP) is 2.89. The number of fused-ring (bicyclic) bond motifs is 1. The third-order valence-corrected chi connectivity index (χ3v) is 5.96. The minimum absolute atomic E-state index is 0.00825. The van der Waals surface area contributed by atoms with Gasteiger partial charge in [0.05, 0.1) is 6.54 Å². The molecule has 2 aromatic heterocycles. The van der Waals surface area contributed by atoms with E-state index in [1.165, 1.54) is 0 Å². The topological polar surface area (TPSA) is 96.8 Å². The van der Waals surface area contributed by atoms with Gasteiger partial charge in [0.1, 0.15) is 5.82 Å². The number of nitrogens with one attached hydrogen (secondary N) is 1. The number of aryl methyl sites for hydroxylation is 1. The lowest BCUT2D eigenvalue weighted by Gasteiger charge is -2.32. The Morgan fingerprint density at radius 1 is 1.12 bits per heavy atom. The smallest absolute Gasteiger partial charge is 0.281 e. The second-order valence-electron chi connectivity index (χ2n) is 8.31. The molecule has 1 fully saturated rings. The Labute approximate surface area is 184 Å². The van der Waals surface area contributed by atoms with Crippen LogP contribution in [0.3, 0.4) is 0 Å². The van der Waals surface area contributed by atoms with E-state index in [1.807, 2.05) is 66.4 Å². The number of rotatable bonds is 4. The first-order valence-corrected chi connectivity index (χ1v) is 10.8. The van der Waals surface area contributed by atoms with E-state index in [1.54, 1.807) is 4.68 Å². The van der Waals surface area contributed by atoms with Crippen molar-refractivity contribution in [1.29, 1.82) is 0 Å². The summed E-state index contributed by atoms with van der Waals surface area (Å²) in [5, 5.41) is 8.18. The number of H-pyrrole nitrogens is 1. The normalized spacial score (nSPS) is 16.4. The van der Waals surface area contributed by atoms with Crippen LogP contribution in [0.2, 0.25) is 0 Å². The molecule has 1 aliphatic rings. The Morgan fingerprint density at radius 3 is 2.69 bits per heavy atom. The quantitative estimate of drug-likeness (QED) is 0.539. The van der Waals surface area contributed by atoms with E-state index in [9.17, 15) is 9.59 Å². The van der Waals surface area contributed by atoms with Crippen molar-refractivity contribution in [2.45, 2.75) is 32.2 Å². The van der Waals surface area contributed by atoms with E-state index in [-0.39, 0.29) is 22.9 Å². The van der Waals surface area contributed by atoms with Crippen LogP contribution in [0.25, 0.3) is 11.2 Å². The molecule has 1 atom stereocenters. The van der Waals surface area contributed by atoms with Gasteiger partial charge in [0.25, 0.3) is 11.5 Å². The van der Waals surface area contributed by atoms with Crippen molar-refractivity contribution < 1.29 is 4.79 Å². The number of piperidine rings is 1. The molecule has 4 aromatic rings. The molecule has 5 rings (SSSR count). The number of benzene rings is 2. The third kappa shape index (κ3) is 3.91. The van der Waals surface area contributed by atoms with Gasteiger partial charge in [-0.15, -0.1) is 5.10 Å². The zero-order chi connectivity index (χ0) is 22.1. The van der Waals surface area contributed by atoms with E-state index in [4.69, 9.17) is 4.98 Å². The molecule has 1 N–H and O–H groups in total. The molecule has 1 saturated heterocycles. The summed E-state index contributed by atoms with van der Waals surface area (Å²) in [6.45, 7) is 3.70. The summed E-state index contributed by atoms with van der Waals surface area (Å²) in [4.78, 5) is 35.1. The van der Waals surface area contributed by atoms with Gasteiger partial charge in [0, 0.05) is 24.6 Å². The van der Waals surface area contributed by atoms with Crippen molar-refractivity contribution in [3.8, 4) is 0 Å². The molecular weight excluding hydrogens is 404 g/mol. The molecule has 0 unspecified atom stereocenters.